The Kier molecular flexibility index (Phi) is 3.93. The molecule has 0 spiro atoms. The van der Waals surface area contributed by atoms with Crippen LogP contribution in [0.4, 0.5) is 21.7 Å². The molecule has 2 aliphatic rings. The first-order chi connectivity index (χ1) is 12.1. The van der Waals surface area contributed by atoms with Crippen molar-refractivity contribution in [2.24, 2.45) is 0 Å². The molecule has 25 heavy (non-hydrogen) atoms. The van der Waals surface area contributed by atoms with Gasteiger partial charge in [0, 0.05) is 13.1 Å². The van der Waals surface area contributed by atoms with Gasteiger partial charge in [0.15, 0.2) is 5.82 Å². The van der Waals surface area contributed by atoms with E-state index in [0.717, 1.165) is 42.9 Å². The molecule has 1 atom stereocenters. The van der Waals surface area contributed by atoms with Crippen molar-refractivity contribution in [1.82, 2.24) is 20.3 Å². The lowest BCUT2D eigenvalue weighted by atomic mass is 10.00. The lowest BCUT2D eigenvalue weighted by Gasteiger charge is -2.38. The molecule has 1 unspecified atom stereocenters. The van der Waals surface area contributed by atoms with E-state index in [1.165, 1.54) is 12.4 Å². The molecule has 1 saturated heterocycles. The van der Waals surface area contributed by atoms with Crippen LogP contribution in [-0.2, 0) is 0 Å². The van der Waals surface area contributed by atoms with Gasteiger partial charge in [0.2, 0.25) is 0 Å². The quantitative estimate of drug-likeness (QED) is 0.707. The van der Waals surface area contributed by atoms with Gasteiger partial charge in [0.25, 0.3) is 0 Å². The molecule has 1 aromatic carbocycles. The average Bonchev–Trinajstić information content (AvgIpc) is 2.91. The van der Waals surface area contributed by atoms with Gasteiger partial charge in [-0.1, -0.05) is 6.07 Å². The Labute approximate surface area is 145 Å². The number of nitrogens with two attached hydrogens (primary N) is 2. The van der Waals surface area contributed by atoms with Crippen LogP contribution in [0.25, 0.3) is 0 Å². The zero-order valence-corrected chi connectivity index (χ0v) is 14.1. The molecule has 0 saturated carbocycles. The fourth-order valence-corrected chi connectivity index (χ4v) is 3.90. The summed E-state index contributed by atoms with van der Waals surface area (Å²) in [5.41, 5.74) is 13.9. The molecule has 3 heterocycles. The summed E-state index contributed by atoms with van der Waals surface area (Å²) in [6, 6.07) is 4.95. The van der Waals surface area contributed by atoms with E-state index in [0.29, 0.717) is 11.9 Å². The van der Waals surface area contributed by atoms with Gasteiger partial charge in [-0.3, -0.25) is 5.01 Å². The Balaban J connectivity index is 1.81. The minimum atomic E-state index is -0.419. The number of fused-ring (bicyclic) bond motifs is 1. The van der Waals surface area contributed by atoms with Gasteiger partial charge in [-0.25, -0.2) is 19.4 Å². The van der Waals surface area contributed by atoms with E-state index in [-0.39, 0.29) is 11.7 Å². The van der Waals surface area contributed by atoms with Gasteiger partial charge in [0.05, 0.1) is 17.3 Å². The van der Waals surface area contributed by atoms with E-state index in [9.17, 15) is 4.39 Å². The minimum absolute atomic E-state index is 0.128. The molecular formula is C17H22FN7. The zero-order chi connectivity index (χ0) is 17.6. The van der Waals surface area contributed by atoms with Crippen LogP contribution < -0.4 is 21.8 Å². The highest BCUT2D eigenvalue weighted by Crippen LogP contribution is 2.45. The summed E-state index contributed by atoms with van der Waals surface area (Å²) in [4.78, 5) is 8.69. The molecular weight excluding hydrogens is 321 g/mol. The third-order valence-corrected chi connectivity index (χ3v) is 5.09. The Bertz CT molecular complexity index is 791. The Morgan fingerprint density at radius 3 is 2.68 bits per heavy atom. The topological polar surface area (TPSA) is 96.3 Å². The first-order valence-electron chi connectivity index (χ1n) is 8.46. The summed E-state index contributed by atoms with van der Waals surface area (Å²) in [6.45, 7) is 1.94. The summed E-state index contributed by atoms with van der Waals surface area (Å²) in [5.74, 6) is 0.855. The number of nitrogens with one attached hydrogen (secondary N) is 1. The van der Waals surface area contributed by atoms with Crippen molar-refractivity contribution < 1.29 is 4.39 Å². The SMILES string of the molecule is CN1C(c2ccc(F)c(N)c2)c2c(N)ncnc2N1C1CCNCC1. The van der Waals surface area contributed by atoms with E-state index < -0.39 is 5.82 Å². The predicted octanol–water partition coefficient (Wildman–Crippen LogP) is 1.29. The third kappa shape index (κ3) is 2.58. The number of piperidine rings is 1. The normalized spacial score (nSPS) is 21.5. The van der Waals surface area contributed by atoms with Crippen LogP contribution in [0, 0.1) is 5.82 Å². The largest absolute Gasteiger partial charge is 0.396 e. The summed E-state index contributed by atoms with van der Waals surface area (Å²) < 4.78 is 13.6. The van der Waals surface area contributed by atoms with E-state index in [1.54, 1.807) is 12.1 Å². The van der Waals surface area contributed by atoms with Gasteiger partial charge < -0.3 is 16.8 Å². The molecule has 7 nitrogen and oxygen atoms in total. The molecule has 2 aliphatic heterocycles. The van der Waals surface area contributed by atoms with Crippen LogP contribution in [0.5, 0.6) is 0 Å². The molecule has 8 heteroatoms. The van der Waals surface area contributed by atoms with E-state index in [1.807, 2.05) is 7.05 Å². The molecule has 1 fully saturated rings. The first-order valence-corrected chi connectivity index (χ1v) is 8.46. The maximum atomic E-state index is 13.6. The number of hydrogen-bond acceptors (Lipinski definition) is 7. The molecule has 2 aromatic rings. The smallest absolute Gasteiger partial charge is 0.154 e. The predicted molar refractivity (Wildman–Crippen MR) is 95.2 cm³/mol. The van der Waals surface area contributed by atoms with Gasteiger partial charge in [0.1, 0.15) is 18.0 Å². The fourth-order valence-electron chi connectivity index (χ4n) is 3.90. The maximum absolute atomic E-state index is 13.6. The molecule has 5 N–H and O–H groups in total. The van der Waals surface area contributed by atoms with Gasteiger partial charge in [-0.05, 0) is 43.6 Å². The van der Waals surface area contributed by atoms with E-state index in [4.69, 9.17) is 11.5 Å². The van der Waals surface area contributed by atoms with Crippen molar-refractivity contribution in [2.45, 2.75) is 24.9 Å². The number of hydrazine groups is 1. The third-order valence-electron chi connectivity index (χ3n) is 5.09. The van der Waals surface area contributed by atoms with Crippen molar-refractivity contribution in [2.75, 3.05) is 36.6 Å². The second kappa shape index (κ2) is 6.12. The number of rotatable bonds is 2. The maximum Gasteiger partial charge on any atom is 0.154 e. The number of halogens is 1. The van der Waals surface area contributed by atoms with Crippen molar-refractivity contribution in [1.29, 1.82) is 0 Å². The Hall–Kier alpha value is -2.45. The van der Waals surface area contributed by atoms with Crippen LogP contribution >= 0.6 is 0 Å². The van der Waals surface area contributed by atoms with Crippen molar-refractivity contribution in [3.05, 3.63) is 41.5 Å². The summed E-state index contributed by atoms with van der Waals surface area (Å²) in [7, 11) is 2.01. The number of hydrogen-bond donors (Lipinski definition) is 3. The number of aromatic nitrogens is 2. The van der Waals surface area contributed by atoms with Crippen molar-refractivity contribution in [3.8, 4) is 0 Å². The van der Waals surface area contributed by atoms with Crippen molar-refractivity contribution >= 4 is 17.3 Å². The highest BCUT2D eigenvalue weighted by molar-refractivity contribution is 5.65. The second-order valence-corrected chi connectivity index (χ2v) is 6.58. The monoisotopic (exact) mass is 343 g/mol. The highest BCUT2D eigenvalue weighted by atomic mass is 19.1. The van der Waals surface area contributed by atoms with Crippen LogP contribution in [-0.4, -0.2) is 41.2 Å². The number of nitrogen functional groups attached to an aromatic ring is 2. The summed E-state index contributed by atoms with van der Waals surface area (Å²) in [6.07, 6.45) is 3.54. The second-order valence-electron chi connectivity index (χ2n) is 6.58. The molecule has 0 aliphatic carbocycles. The van der Waals surface area contributed by atoms with Crippen LogP contribution in [0.1, 0.15) is 30.0 Å². The standard InChI is InChI=1S/C17H22FN7/c1-24-15(10-2-3-12(18)13(19)8-10)14-16(20)22-9-23-17(14)25(24)11-4-6-21-7-5-11/h2-3,8-9,11,15,21H,4-7,19H2,1H3,(H2,20,22,23). The Morgan fingerprint density at radius 1 is 1.20 bits per heavy atom. The molecule has 4 rings (SSSR count). The molecule has 132 valence electrons. The average molecular weight is 343 g/mol. The Morgan fingerprint density at radius 2 is 1.96 bits per heavy atom. The van der Waals surface area contributed by atoms with E-state index in [2.05, 4.69) is 25.3 Å². The lowest BCUT2D eigenvalue weighted by Crippen LogP contribution is -2.49. The van der Waals surface area contributed by atoms with Crippen molar-refractivity contribution in [3.63, 3.8) is 0 Å². The minimum Gasteiger partial charge on any atom is -0.396 e. The highest BCUT2D eigenvalue weighted by Gasteiger charge is 2.41. The van der Waals surface area contributed by atoms with Crippen LogP contribution in [0.15, 0.2) is 24.5 Å². The molecule has 0 radical (unpaired) electrons. The zero-order valence-electron chi connectivity index (χ0n) is 14.1. The van der Waals surface area contributed by atoms with Gasteiger partial charge in [-0.2, -0.15) is 0 Å². The van der Waals surface area contributed by atoms with Gasteiger partial charge in [-0.15, -0.1) is 0 Å². The first kappa shape index (κ1) is 16.0. The van der Waals surface area contributed by atoms with E-state index >= 15 is 0 Å². The molecule has 1 aromatic heterocycles. The van der Waals surface area contributed by atoms with Crippen LogP contribution in [0.2, 0.25) is 0 Å². The molecule has 0 amide bonds. The summed E-state index contributed by atoms with van der Waals surface area (Å²) in [5, 5.41) is 7.71. The lowest BCUT2D eigenvalue weighted by molar-refractivity contribution is 0.230. The van der Waals surface area contributed by atoms with Crippen LogP contribution in [0.3, 0.4) is 0 Å². The van der Waals surface area contributed by atoms with Gasteiger partial charge >= 0.3 is 0 Å². The molecule has 0 bridgehead atoms. The number of anilines is 3. The fraction of sp³-hybridized carbons (Fsp3) is 0.412. The number of benzene rings is 1. The summed E-state index contributed by atoms with van der Waals surface area (Å²) >= 11 is 0. The number of nitrogens with zero attached hydrogens (tertiary/aromatic N) is 4.